The number of fused-ring (bicyclic) bond motifs is 1. The number of nitrogens with zero attached hydrogens (tertiary/aromatic N) is 3. The van der Waals surface area contributed by atoms with E-state index in [0.29, 0.717) is 12.0 Å². The van der Waals surface area contributed by atoms with E-state index in [1.807, 2.05) is 22.9 Å². The van der Waals surface area contributed by atoms with Crippen LogP contribution in [0.3, 0.4) is 0 Å². The van der Waals surface area contributed by atoms with Crippen molar-refractivity contribution in [1.82, 2.24) is 14.7 Å². The Hall–Kier alpha value is -2.10. The highest BCUT2D eigenvalue weighted by Gasteiger charge is 2.38. The summed E-state index contributed by atoms with van der Waals surface area (Å²) in [6, 6.07) is 10.7. The van der Waals surface area contributed by atoms with Gasteiger partial charge in [0, 0.05) is 23.8 Å². The minimum Gasteiger partial charge on any atom is -0.334 e. The molecular formula is C23H29N3O. The zero-order valence-corrected chi connectivity index (χ0v) is 16.1. The fraction of sp³-hybridized carbons (Fsp3) is 0.565. The summed E-state index contributed by atoms with van der Waals surface area (Å²) in [6.07, 6.45) is 12.1. The number of carbonyl (C=O) groups excluding carboxylic acids is 1. The molecule has 0 bridgehead atoms. The van der Waals surface area contributed by atoms with E-state index in [1.54, 1.807) is 0 Å². The summed E-state index contributed by atoms with van der Waals surface area (Å²) in [5.41, 5.74) is 4.25. The second-order valence-electron chi connectivity index (χ2n) is 8.48. The third-order valence-electron chi connectivity index (χ3n) is 6.89. The second kappa shape index (κ2) is 7.14. The number of hydrogen-bond donors (Lipinski definition) is 0. The standard InChI is InChI=1S/C23H29N3O/c27-23(25-16-8-15-20(25)17-9-3-1-4-10-17)22-19-13-7-14-21(19)26(24-22)18-11-5-2-6-12-18/h2,5-6,11-12,17,20H,1,3-4,7-10,13-16H2. The first-order valence-electron chi connectivity index (χ1n) is 10.8. The van der Waals surface area contributed by atoms with E-state index in [1.165, 1.54) is 49.8 Å². The largest absolute Gasteiger partial charge is 0.334 e. The van der Waals surface area contributed by atoms with Crippen molar-refractivity contribution in [2.75, 3.05) is 6.54 Å². The first kappa shape index (κ1) is 17.0. The molecule has 2 aromatic rings. The van der Waals surface area contributed by atoms with Gasteiger partial charge >= 0.3 is 0 Å². The molecule has 0 spiro atoms. The van der Waals surface area contributed by atoms with Crippen molar-refractivity contribution in [3.8, 4) is 5.69 Å². The second-order valence-corrected chi connectivity index (χ2v) is 8.48. The van der Waals surface area contributed by atoms with Gasteiger partial charge in [-0.2, -0.15) is 5.10 Å². The van der Waals surface area contributed by atoms with Crippen molar-refractivity contribution in [2.45, 2.75) is 70.3 Å². The smallest absolute Gasteiger partial charge is 0.274 e. The molecule has 4 nitrogen and oxygen atoms in total. The third-order valence-corrected chi connectivity index (χ3v) is 6.89. The first-order valence-corrected chi connectivity index (χ1v) is 10.8. The average molecular weight is 364 g/mol. The van der Waals surface area contributed by atoms with Crippen molar-refractivity contribution in [1.29, 1.82) is 0 Å². The Bertz CT molecular complexity index is 820. The van der Waals surface area contributed by atoms with Gasteiger partial charge in [-0.25, -0.2) is 4.68 Å². The van der Waals surface area contributed by atoms with Crippen molar-refractivity contribution >= 4 is 5.91 Å². The molecule has 27 heavy (non-hydrogen) atoms. The maximum absolute atomic E-state index is 13.6. The van der Waals surface area contributed by atoms with E-state index < -0.39 is 0 Å². The van der Waals surface area contributed by atoms with Gasteiger partial charge in [0.25, 0.3) is 5.91 Å². The highest BCUT2D eigenvalue weighted by atomic mass is 16.2. The first-order chi connectivity index (χ1) is 13.3. The molecule has 1 amide bonds. The van der Waals surface area contributed by atoms with Crippen LogP contribution in [0.2, 0.25) is 0 Å². The van der Waals surface area contributed by atoms with Gasteiger partial charge in [0.2, 0.25) is 0 Å². The van der Waals surface area contributed by atoms with Gasteiger partial charge in [-0.05, 0) is 63.0 Å². The van der Waals surface area contributed by atoms with Gasteiger partial charge in [0.15, 0.2) is 5.69 Å². The van der Waals surface area contributed by atoms with E-state index in [0.717, 1.165) is 43.6 Å². The van der Waals surface area contributed by atoms with Crippen LogP contribution in [-0.4, -0.2) is 33.2 Å². The number of hydrogen-bond acceptors (Lipinski definition) is 2. The molecule has 1 aromatic heterocycles. The minimum atomic E-state index is 0.191. The highest BCUT2D eigenvalue weighted by molar-refractivity contribution is 5.94. The molecule has 0 radical (unpaired) electrons. The Kier molecular flexibility index (Phi) is 4.50. The Morgan fingerprint density at radius 1 is 0.926 bits per heavy atom. The number of carbonyl (C=O) groups is 1. The summed E-state index contributed by atoms with van der Waals surface area (Å²) in [6.45, 7) is 0.910. The number of para-hydroxylation sites is 1. The fourth-order valence-corrected chi connectivity index (χ4v) is 5.58. The van der Waals surface area contributed by atoms with Gasteiger partial charge in [0.1, 0.15) is 0 Å². The predicted molar refractivity (Wildman–Crippen MR) is 106 cm³/mol. The van der Waals surface area contributed by atoms with Crippen LogP contribution in [0.25, 0.3) is 5.69 Å². The Morgan fingerprint density at radius 3 is 2.56 bits per heavy atom. The van der Waals surface area contributed by atoms with Crippen LogP contribution in [-0.2, 0) is 12.8 Å². The van der Waals surface area contributed by atoms with Crippen LogP contribution < -0.4 is 0 Å². The lowest BCUT2D eigenvalue weighted by molar-refractivity contribution is 0.0654. The van der Waals surface area contributed by atoms with Gasteiger partial charge in [-0.1, -0.05) is 37.5 Å². The molecule has 2 heterocycles. The summed E-state index contributed by atoms with van der Waals surface area (Å²) in [4.78, 5) is 15.7. The summed E-state index contributed by atoms with van der Waals surface area (Å²) < 4.78 is 2.03. The molecule has 1 aromatic carbocycles. The van der Waals surface area contributed by atoms with Crippen LogP contribution in [0.15, 0.2) is 30.3 Å². The summed E-state index contributed by atoms with van der Waals surface area (Å²) >= 11 is 0. The zero-order chi connectivity index (χ0) is 18.2. The van der Waals surface area contributed by atoms with E-state index in [9.17, 15) is 4.79 Å². The minimum absolute atomic E-state index is 0.191. The predicted octanol–water partition coefficient (Wildman–Crippen LogP) is 4.55. The van der Waals surface area contributed by atoms with Crippen molar-refractivity contribution in [2.24, 2.45) is 5.92 Å². The molecule has 142 valence electrons. The molecule has 1 atom stereocenters. The number of rotatable bonds is 3. The molecule has 0 N–H and O–H groups in total. The molecule has 4 heteroatoms. The maximum Gasteiger partial charge on any atom is 0.274 e. The summed E-state index contributed by atoms with van der Waals surface area (Å²) in [5.74, 6) is 0.894. The molecule has 2 aliphatic carbocycles. The van der Waals surface area contributed by atoms with E-state index in [2.05, 4.69) is 17.0 Å². The van der Waals surface area contributed by atoms with Crippen molar-refractivity contribution in [3.05, 3.63) is 47.3 Å². The van der Waals surface area contributed by atoms with Crippen LogP contribution in [0.4, 0.5) is 0 Å². The highest BCUT2D eigenvalue weighted by Crippen LogP contribution is 2.36. The molecular weight excluding hydrogens is 334 g/mol. The molecule has 1 aliphatic heterocycles. The lowest BCUT2D eigenvalue weighted by Gasteiger charge is -2.33. The summed E-state index contributed by atoms with van der Waals surface area (Å²) in [7, 11) is 0. The number of likely N-dealkylation sites (tertiary alicyclic amines) is 1. The summed E-state index contributed by atoms with van der Waals surface area (Å²) in [5, 5.41) is 4.85. The Labute approximate surface area is 161 Å². The third kappa shape index (κ3) is 2.99. The Morgan fingerprint density at radius 2 is 1.74 bits per heavy atom. The number of amides is 1. The molecule has 1 saturated carbocycles. The van der Waals surface area contributed by atoms with E-state index >= 15 is 0 Å². The SMILES string of the molecule is O=C(c1nn(-c2ccccc2)c2c1CCC2)N1CCCC1C1CCCCC1. The molecule has 2 fully saturated rings. The molecule has 1 unspecified atom stereocenters. The van der Waals surface area contributed by atoms with Crippen molar-refractivity contribution < 1.29 is 4.79 Å². The molecule has 3 aliphatic rings. The van der Waals surface area contributed by atoms with Crippen molar-refractivity contribution in [3.63, 3.8) is 0 Å². The number of aromatic nitrogens is 2. The quantitative estimate of drug-likeness (QED) is 0.802. The molecule has 5 rings (SSSR count). The number of benzene rings is 1. The van der Waals surface area contributed by atoms with Gasteiger partial charge in [-0.3, -0.25) is 4.79 Å². The van der Waals surface area contributed by atoms with Crippen LogP contribution in [0.5, 0.6) is 0 Å². The monoisotopic (exact) mass is 363 g/mol. The lowest BCUT2D eigenvalue weighted by atomic mass is 9.83. The zero-order valence-electron chi connectivity index (χ0n) is 16.1. The van der Waals surface area contributed by atoms with Gasteiger partial charge in [-0.15, -0.1) is 0 Å². The van der Waals surface area contributed by atoms with Crippen LogP contribution in [0.1, 0.15) is 73.1 Å². The van der Waals surface area contributed by atoms with Gasteiger partial charge in [0.05, 0.1) is 5.69 Å². The van der Waals surface area contributed by atoms with Gasteiger partial charge < -0.3 is 4.90 Å². The topological polar surface area (TPSA) is 38.1 Å². The van der Waals surface area contributed by atoms with Crippen LogP contribution >= 0.6 is 0 Å². The van der Waals surface area contributed by atoms with E-state index in [-0.39, 0.29) is 5.91 Å². The maximum atomic E-state index is 13.6. The lowest BCUT2D eigenvalue weighted by Crippen LogP contribution is -2.41. The normalized spacial score (nSPS) is 23.0. The molecule has 1 saturated heterocycles. The fourth-order valence-electron chi connectivity index (χ4n) is 5.58. The average Bonchev–Trinajstić information content (AvgIpc) is 3.45. The van der Waals surface area contributed by atoms with E-state index in [4.69, 9.17) is 5.10 Å². The van der Waals surface area contributed by atoms with Crippen LogP contribution in [0, 0.1) is 5.92 Å². The Balaban J connectivity index is 1.47.